The zero-order chi connectivity index (χ0) is 12.2. The van der Waals surface area contributed by atoms with Gasteiger partial charge in [-0.3, -0.25) is 0 Å². The molecule has 0 aromatic carbocycles. The molecule has 0 radical (unpaired) electrons. The minimum absolute atomic E-state index is 0.769. The fourth-order valence-corrected chi connectivity index (χ4v) is 5.15. The van der Waals surface area contributed by atoms with Crippen LogP contribution in [0.1, 0.15) is 66.2 Å². The van der Waals surface area contributed by atoms with E-state index in [1.54, 1.807) is 25.7 Å². The predicted octanol–water partition coefficient (Wildman–Crippen LogP) is 5.13. The average molecular weight is 234 g/mol. The maximum absolute atomic E-state index is 2.56. The van der Waals surface area contributed by atoms with E-state index in [2.05, 4.69) is 27.7 Å². The Kier molecular flexibility index (Phi) is 2.84. The van der Waals surface area contributed by atoms with E-state index in [0.717, 1.165) is 40.9 Å². The van der Waals surface area contributed by atoms with E-state index in [0.29, 0.717) is 0 Å². The molecule has 0 spiro atoms. The molecule has 2 atom stereocenters. The predicted molar refractivity (Wildman–Crippen MR) is 73.8 cm³/mol. The van der Waals surface area contributed by atoms with Crippen molar-refractivity contribution >= 4 is 0 Å². The second-order valence-electron chi connectivity index (χ2n) is 8.35. The Morgan fingerprint density at radius 2 is 1.76 bits per heavy atom. The van der Waals surface area contributed by atoms with Gasteiger partial charge in [0.05, 0.1) is 0 Å². The third-order valence-electron chi connectivity index (χ3n) is 6.30. The van der Waals surface area contributed by atoms with Crippen molar-refractivity contribution in [3.63, 3.8) is 0 Å². The second-order valence-corrected chi connectivity index (χ2v) is 8.35. The Bertz CT molecular complexity index is 278. The molecule has 0 aliphatic heterocycles. The highest BCUT2D eigenvalue weighted by atomic mass is 14.6. The molecule has 3 saturated carbocycles. The van der Waals surface area contributed by atoms with Gasteiger partial charge in [-0.1, -0.05) is 27.7 Å². The molecular formula is C17H30. The summed E-state index contributed by atoms with van der Waals surface area (Å²) in [6, 6.07) is 0. The molecule has 3 rings (SSSR count). The van der Waals surface area contributed by atoms with Crippen molar-refractivity contribution in [2.45, 2.75) is 66.2 Å². The van der Waals surface area contributed by atoms with Crippen LogP contribution in [-0.2, 0) is 0 Å². The average Bonchev–Trinajstić information content (AvgIpc) is 2.87. The van der Waals surface area contributed by atoms with Crippen molar-refractivity contribution in [2.75, 3.05) is 0 Å². The lowest BCUT2D eigenvalue weighted by Crippen LogP contribution is -2.35. The number of rotatable bonds is 4. The summed E-state index contributed by atoms with van der Waals surface area (Å²) in [5.41, 5.74) is 0.769. The van der Waals surface area contributed by atoms with Crippen molar-refractivity contribution < 1.29 is 0 Å². The molecule has 0 nitrogen and oxygen atoms in total. The normalized spacial score (nSPS) is 53.1. The van der Waals surface area contributed by atoms with E-state index in [-0.39, 0.29) is 0 Å². The number of hydrogen-bond donors (Lipinski definition) is 0. The van der Waals surface area contributed by atoms with Crippen LogP contribution in [0.5, 0.6) is 0 Å². The second kappa shape index (κ2) is 4.00. The molecule has 3 aliphatic rings. The van der Waals surface area contributed by atoms with Crippen LogP contribution < -0.4 is 0 Å². The van der Waals surface area contributed by atoms with Crippen molar-refractivity contribution in [1.82, 2.24) is 0 Å². The Morgan fingerprint density at radius 1 is 1.12 bits per heavy atom. The summed E-state index contributed by atoms with van der Waals surface area (Å²) in [5, 5.41) is 0. The Morgan fingerprint density at radius 3 is 2.29 bits per heavy atom. The van der Waals surface area contributed by atoms with Crippen molar-refractivity contribution in [1.29, 1.82) is 0 Å². The molecule has 98 valence electrons. The summed E-state index contributed by atoms with van der Waals surface area (Å²) < 4.78 is 0. The van der Waals surface area contributed by atoms with E-state index in [1.807, 2.05) is 0 Å². The summed E-state index contributed by atoms with van der Waals surface area (Å²) in [4.78, 5) is 0. The highest BCUT2D eigenvalue weighted by Gasteiger charge is 2.55. The SMILES string of the molecule is CC1CC(C)(C2CC2CC2CC(C(C)C)C2)C1. The van der Waals surface area contributed by atoms with E-state index in [9.17, 15) is 0 Å². The van der Waals surface area contributed by atoms with Gasteiger partial charge in [-0.05, 0) is 79.4 Å². The zero-order valence-corrected chi connectivity index (χ0v) is 12.2. The first kappa shape index (κ1) is 12.1. The van der Waals surface area contributed by atoms with Crippen LogP contribution in [0.15, 0.2) is 0 Å². The quantitative estimate of drug-likeness (QED) is 0.632. The Labute approximate surface area is 108 Å². The Hall–Kier alpha value is 0. The highest BCUT2D eigenvalue weighted by Crippen LogP contribution is 2.64. The molecule has 0 heterocycles. The molecule has 3 aliphatic carbocycles. The van der Waals surface area contributed by atoms with Crippen LogP contribution >= 0.6 is 0 Å². The molecule has 0 N–H and O–H groups in total. The van der Waals surface area contributed by atoms with Gasteiger partial charge in [-0.25, -0.2) is 0 Å². The molecule has 0 amide bonds. The summed E-state index contributed by atoms with van der Waals surface area (Å²) in [6.07, 6.45) is 9.30. The molecule has 0 aromatic heterocycles. The highest BCUT2D eigenvalue weighted by molar-refractivity contribution is 5.04. The van der Waals surface area contributed by atoms with Crippen LogP contribution in [0, 0.1) is 40.9 Å². The first-order valence-electron chi connectivity index (χ1n) is 7.98. The topological polar surface area (TPSA) is 0 Å². The van der Waals surface area contributed by atoms with Crippen molar-refractivity contribution in [3.8, 4) is 0 Å². The Balaban J connectivity index is 1.39. The smallest absolute Gasteiger partial charge is 0.0290 e. The minimum atomic E-state index is 0.769. The van der Waals surface area contributed by atoms with Crippen LogP contribution in [0.25, 0.3) is 0 Å². The maximum atomic E-state index is 2.56. The molecular weight excluding hydrogens is 204 g/mol. The van der Waals surface area contributed by atoms with Gasteiger partial charge in [-0.2, -0.15) is 0 Å². The molecule has 17 heavy (non-hydrogen) atoms. The summed E-state index contributed by atoms with van der Waals surface area (Å²) >= 11 is 0. The van der Waals surface area contributed by atoms with Gasteiger partial charge in [0.25, 0.3) is 0 Å². The van der Waals surface area contributed by atoms with E-state index in [4.69, 9.17) is 0 Å². The van der Waals surface area contributed by atoms with Crippen molar-refractivity contribution in [3.05, 3.63) is 0 Å². The van der Waals surface area contributed by atoms with Gasteiger partial charge in [0.2, 0.25) is 0 Å². The lowest BCUT2D eigenvalue weighted by molar-refractivity contribution is 0.0493. The third kappa shape index (κ3) is 2.17. The van der Waals surface area contributed by atoms with Gasteiger partial charge in [0.15, 0.2) is 0 Å². The first-order chi connectivity index (χ1) is 7.98. The zero-order valence-electron chi connectivity index (χ0n) is 12.2. The largest absolute Gasteiger partial charge is 0.0625 e. The number of hydrogen-bond acceptors (Lipinski definition) is 0. The van der Waals surface area contributed by atoms with Gasteiger partial charge in [0, 0.05) is 0 Å². The van der Waals surface area contributed by atoms with Crippen LogP contribution in [-0.4, -0.2) is 0 Å². The molecule has 0 heteroatoms. The van der Waals surface area contributed by atoms with Gasteiger partial charge < -0.3 is 0 Å². The molecule has 2 unspecified atom stereocenters. The summed E-state index contributed by atoms with van der Waals surface area (Å²) in [7, 11) is 0. The third-order valence-corrected chi connectivity index (χ3v) is 6.30. The van der Waals surface area contributed by atoms with Crippen LogP contribution in [0.4, 0.5) is 0 Å². The van der Waals surface area contributed by atoms with Crippen LogP contribution in [0.2, 0.25) is 0 Å². The van der Waals surface area contributed by atoms with Gasteiger partial charge in [0.1, 0.15) is 0 Å². The van der Waals surface area contributed by atoms with E-state index >= 15 is 0 Å². The lowest BCUT2D eigenvalue weighted by atomic mass is 9.60. The van der Waals surface area contributed by atoms with E-state index < -0.39 is 0 Å². The maximum Gasteiger partial charge on any atom is -0.0290 e. The summed E-state index contributed by atoms with van der Waals surface area (Å²) in [6.45, 7) is 9.79. The standard InChI is InChI=1S/C17H30/c1-11(2)14-5-13(6-14)7-15-8-16(15)17(4)9-12(3)10-17/h11-16H,5-10H2,1-4H3. The fraction of sp³-hybridized carbons (Fsp3) is 1.00. The first-order valence-corrected chi connectivity index (χ1v) is 7.98. The molecule has 0 saturated heterocycles. The summed E-state index contributed by atoms with van der Waals surface area (Å²) in [5.74, 6) is 6.39. The molecule has 0 aromatic rings. The van der Waals surface area contributed by atoms with E-state index in [1.165, 1.54) is 12.8 Å². The lowest BCUT2D eigenvalue weighted by Gasteiger charge is -2.45. The molecule has 3 fully saturated rings. The minimum Gasteiger partial charge on any atom is -0.0625 e. The van der Waals surface area contributed by atoms with Gasteiger partial charge in [-0.15, -0.1) is 0 Å². The van der Waals surface area contributed by atoms with Crippen molar-refractivity contribution in [2.24, 2.45) is 40.9 Å². The molecule has 0 bridgehead atoms. The monoisotopic (exact) mass is 234 g/mol. The van der Waals surface area contributed by atoms with Crippen LogP contribution in [0.3, 0.4) is 0 Å². The fourth-order valence-electron chi connectivity index (χ4n) is 5.15. The van der Waals surface area contributed by atoms with Gasteiger partial charge >= 0.3 is 0 Å².